The van der Waals surface area contributed by atoms with Crippen LogP contribution in [0.3, 0.4) is 0 Å². The highest BCUT2D eigenvalue weighted by atomic mass is 35.5. The van der Waals surface area contributed by atoms with E-state index in [1.165, 1.54) is 12.1 Å². The Morgan fingerprint density at radius 2 is 2.04 bits per heavy atom. The number of hydrogen-bond donors (Lipinski definition) is 1. The zero-order chi connectivity index (χ0) is 18.7. The van der Waals surface area contributed by atoms with Crippen molar-refractivity contribution in [1.29, 1.82) is 0 Å². The van der Waals surface area contributed by atoms with Crippen LogP contribution in [0.1, 0.15) is 17.7 Å². The van der Waals surface area contributed by atoms with Crippen LogP contribution in [-0.4, -0.2) is 25.5 Å². The average Bonchev–Trinajstić information content (AvgIpc) is 3.15. The molecule has 1 N–H and O–H groups in total. The summed E-state index contributed by atoms with van der Waals surface area (Å²) in [5.41, 5.74) is 2.04. The third-order valence-corrected chi connectivity index (χ3v) is 4.44. The Hall–Kier alpha value is -2.38. The number of carbonyl (C=O) groups is 1. The lowest BCUT2D eigenvalue weighted by Crippen LogP contribution is -2.14. The minimum Gasteiger partial charge on any atom is -0.323 e. The first kappa shape index (κ1) is 18.4. The first-order valence-electron chi connectivity index (χ1n) is 7.86. The molecule has 2 heterocycles. The summed E-state index contributed by atoms with van der Waals surface area (Å²) >= 11 is 12.0. The highest BCUT2D eigenvalue weighted by Gasteiger charge is 2.09. The molecule has 0 fully saturated rings. The van der Waals surface area contributed by atoms with Crippen molar-refractivity contribution in [2.24, 2.45) is 0 Å². The number of carbonyl (C=O) groups excluding carboxylic acids is 1. The van der Waals surface area contributed by atoms with E-state index >= 15 is 0 Å². The molecule has 9 heteroatoms. The zero-order valence-corrected chi connectivity index (χ0v) is 15.4. The summed E-state index contributed by atoms with van der Waals surface area (Å²) in [6.45, 7) is 2.61. The van der Waals surface area contributed by atoms with E-state index < -0.39 is 0 Å². The number of halogens is 3. The quantitative estimate of drug-likeness (QED) is 0.687. The topological polar surface area (TPSA) is 64.7 Å². The Balaban J connectivity index is 1.55. The number of hydrogen-bond acceptors (Lipinski definition) is 3. The molecular formula is C17H16Cl2FN5O. The van der Waals surface area contributed by atoms with Crippen molar-refractivity contribution in [2.45, 2.75) is 26.4 Å². The summed E-state index contributed by atoms with van der Waals surface area (Å²) in [6, 6.07) is 4.21. The number of anilines is 1. The number of nitrogens with one attached hydrogen (secondary N) is 1. The van der Waals surface area contributed by atoms with Gasteiger partial charge in [-0.1, -0.05) is 29.3 Å². The van der Waals surface area contributed by atoms with Crippen LogP contribution in [0.5, 0.6) is 0 Å². The summed E-state index contributed by atoms with van der Waals surface area (Å²) in [4.78, 5) is 12.1. The molecule has 0 aliphatic rings. The van der Waals surface area contributed by atoms with Crippen LogP contribution < -0.4 is 5.32 Å². The van der Waals surface area contributed by atoms with Gasteiger partial charge < -0.3 is 5.32 Å². The second kappa shape index (κ2) is 7.88. The molecule has 0 aliphatic carbocycles. The van der Waals surface area contributed by atoms with Crippen LogP contribution in [0.2, 0.25) is 10.0 Å². The van der Waals surface area contributed by atoms with Gasteiger partial charge in [0.25, 0.3) is 0 Å². The molecule has 0 saturated heterocycles. The van der Waals surface area contributed by atoms with Gasteiger partial charge in [0.2, 0.25) is 5.91 Å². The van der Waals surface area contributed by atoms with E-state index in [0.29, 0.717) is 28.8 Å². The number of nitrogens with zero attached hydrogens (tertiary/aromatic N) is 4. The smallest absolute Gasteiger partial charge is 0.226 e. The molecule has 136 valence electrons. The molecule has 3 rings (SSSR count). The van der Waals surface area contributed by atoms with Gasteiger partial charge in [0, 0.05) is 30.4 Å². The van der Waals surface area contributed by atoms with Gasteiger partial charge in [-0.15, -0.1) is 0 Å². The molecule has 26 heavy (non-hydrogen) atoms. The molecule has 2 aromatic heterocycles. The summed E-state index contributed by atoms with van der Waals surface area (Å²) < 4.78 is 16.3. The van der Waals surface area contributed by atoms with Crippen molar-refractivity contribution in [3.8, 4) is 0 Å². The predicted octanol–water partition coefficient (Wildman–Crippen LogP) is 3.91. The highest BCUT2D eigenvalue weighted by Crippen LogP contribution is 2.19. The Morgan fingerprint density at radius 3 is 2.73 bits per heavy atom. The number of aryl methyl sites for hydroxylation is 2. The minimum atomic E-state index is -0.388. The maximum Gasteiger partial charge on any atom is 0.226 e. The molecule has 3 aromatic rings. The lowest BCUT2D eigenvalue weighted by atomic mass is 10.2. The highest BCUT2D eigenvalue weighted by molar-refractivity contribution is 6.31. The molecular weight excluding hydrogens is 380 g/mol. The fourth-order valence-electron chi connectivity index (χ4n) is 2.39. The van der Waals surface area contributed by atoms with Crippen molar-refractivity contribution in [3.05, 3.63) is 63.9 Å². The molecule has 0 radical (unpaired) electrons. The molecule has 0 unspecified atom stereocenters. The standard InChI is InChI=1S/C17H16Cl2FN5O/c1-11-16(19)10-24(23-11)5-4-17(26)22-14-7-21-25(9-14)8-12-2-3-13(20)6-15(12)18/h2-3,6-7,9-10H,4-5,8H2,1H3,(H,22,26). The Morgan fingerprint density at radius 1 is 1.23 bits per heavy atom. The molecule has 6 nitrogen and oxygen atoms in total. The lowest BCUT2D eigenvalue weighted by Gasteiger charge is -2.05. The number of aromatic nitrogens is 4. The van der Waals surface area contributed by atoms with Gasteiger partial charge in [-0.25, -0.2) is 4.39 Å². The van der Waals surface area contributed by atoms with Gasteiger partial charge >= 0.3 is 0 Å². The van der Waals surface area contributed by atoms with Crippen molar-refractivity contribution in [2.75, 3.05) is 5.32 Å². The van der Waals surface area contributed by atoms with Gasteiger partial charge in [-0.2, -0.15) is 10.2 Å². The zero-order valence-electron chi connectivity index (χ0n) is 13.9. The van der Waals surface area contributed by atoms with E-state index in [1.807, 2.05) is 0 Å². The molecule has 0 spiro atoms. The fourth-order valence-corrected chi connectivity index (χ4v) is 2.76. The van der Waals surface area contributed by atoms with Crippen LogP contribution in [0.4, 0.5) is 10.1 Å². The normalized spacial score (nSPS) is 10.9. The summed E-state index contributed by atoms with van der Waals surface area (Å²) in [5, 5.41) is 12.1. The first-order valence-corrected chi connectivity index (χ1v) is 8.62. The van der Waals surface area contributed by atoms with Gasteiger partial charge in [-0.05, 0) is 24.6 Å². The first-order chi connectivity index (χ1) is 12.4. The molecule has 0 atom stereocenters. The molecule has 1 amide bonds. The number of amides is 1. The van der Waals surface area contributed by atoms with E-state index in [4.69, 9.17) is 23.2 Å². The van der Waals surface area contributed by atoms with Gasteiger partial charge in [0.15, 0.2) is 0 Å². The molecule has 0 saturated carbocycles. The monoisotopic (exact) mass is 395 g/mol. The van der Waals surface area contributed by atoms with Crippen LogP contribution in [0, 0.1) is 12.7 Å². The van der Waals surface area contributed by atoms with E-state index in [1.54, 1.807) is 40.9 Å². The second-order valence-corrected chi connectivity index (χ2v) is 6.60. The second-order valence-electron chi connectivity index (χ2n) is 5.79. The van der Waals surface area contributed by atoms with Gasteiger partial charge in [0.1, 0.15) is 5.82 Å². The van der Waals surface area contributed by atoms with E-state index in [0.717, 1.165) is 11.3 Å². The maximum absolute atomic E-state index is 13.1. The largest absolute Gasteiger partial charge is 0.323 e. The van der Waals surface area contributed by atoms with E-state index in [2.05, 4.69) is 15.5 Å². The molecule has 0 aliphatic heterocycles. The SMILES string of the molecule is Cc1nn(CCC(=O)Nc2cnn(Cc3ccc(F)cc3Cl)c2)cc1Cl. The summed E-state index contributed by atoms with van der Waals surface area (Å²) in [7, 11) is 0. The third kappa shape index (κ3) is 4.62. The summed E-state index contributed by atoms with van der Waals surface area (Å²) in [5.74, 6) is -0.547. The number of benzene rings is 1. The van der Waals surface area contributed by atoms with Crippen LogP contribution in [-0.2, 0) is 17.9 Å². The Bertz CT molecular complexity index is 918. The maximum atomic E-state index is 13.1. The predicted molar refractivity (Wildman–Crippen MR) is 98.0 cm³/mol. The van der Waals surface area contributed by atoms with Gasteiger partial charge in [0.05, 0.1) is 29.1 Å². The third-order valence-electron chi connectivity index (χ3n) is 3.72. The summed E-state index contributed by atoms with van der Waals surface area (Å²) in [6.07, 6.45) is 5.18. The Labute approximate surface area is 159 Å². The molecule has 0 bridgehead atoms. The Kier molecular flexibility index (Phi) is 5.58. The van der Waals surface area contributed by atoms with Crippen molar-refractivity contribution < 1.29 is 9.18 Å². The van der Waals surface area contributed by atoms with E-state index in [9.17, 15) is 9.18 Å². The molecule has 1 aromatic carbocycles. The van der Waals surface area contributed by atoms with Crippen molar-refractivity contribution >= 4 is 34.8 Å². The van der Waals surface area contributed by atoms with Crippen LogP contribution in [0.25, 0.3) is 0 Å². The lowest BCUT2D eigenvalue weighted by molar-refractivity contribution is -0.116. The number of rotatable bonds is 6. The van der Waals surface area contributed by atoms with Crippen molar-refractivity contribution in [1.82, 2.24) is 19.6 Å². The fraction of sp³-hybridized carbons (Fsp3) is 0.235. The van der Waals surface area contributed by atoms with Crippen LogP contribution >= 0.6 is 23.2 Å². The minimum absolute atomic E-state index is 0.159. The van der Waals surface area contributed by atoms with E-state index in [-0.39, 0.29) is 18.1 Å². The van der Waals surface area contributed by atoms with Gasteiger partial charge in [-0.3, -0.25) is 14.2 Å². The average molecular weight is 396 g/mol. The van der Waals surface area contributed by atoms with Crippen LogP contribution in [0.15, 0.2) is 36.8 Å². The van der Waals surface area contributed by atoms with Crippen molar-refractivity contribution in [3.63, 3.8) is 0 Å².